The maximum Gasteiger partial charge on any atom is 0.290 e. The van der Waals surface area contributed by atoms with Crippen LogP contribution in [0.1, 0.15) is 30.3 Å². The van der Waals surface area contributed by atoms with Gasteiger partial charge in [0, 0.05) is 37.7 Å². The van der Waals surface area contributed by atoms with Gasteiger partial charge in [-0.05, 0) is 12.8 Å². The van der Waals surface area contributed by atoms with E-state index in [4.69, 9.17) is 4.52 Å². The monoisotopic (exact) mass is 313 g/mol. The maximum atomic E-state index is 12.2. The number of rotatable bonds is 3. The molecule has 3 rings (SSSR count). The Morgan fingerprint density at radius 1 is 1.22 bits per heavy atom. The average molecular weight is 313 g/mol. The normalized spacial score (nSPS) is 15.4. The summed E-state index contributed by atoms with van der Waals surface area (Å²) in [5, 5.41) is 6.90. The van der Waals surface area contributed by atoms with Crippen molar-refractivity contribution in [3.8, 4) is 11.3 Å². The molecule has 1 aliphatic heterocycles. The molecule has 23 heavy (non-hydrogen) atoms. The quantitative estimate of drug-likeness (QED) is 0.941. The summed E-state index contributed by atoms with van der Waals surface area (Å²) in [6, 6.07) is 11.3. The van der Waals surface area contributed by atoms with Gasteiger partial charge in [0.1, 0.15) is 5.69 Å². The fourth-order valence-electron chi connectivity index (χ4n) is 2.72. The largest absolute Gasteiger partial charge is 0.350 e. The molecule has 2 aromatic rings. The molecule has 0 atom stereocenters. The smallest absolute Gasteiger partial charge is 0.290 e. The fraction of sp³-hybridized carbons (Fsp3) is 0.353. The molecule has 1 aliphatic rings. The molecule has 6 heteroatoms. The number of hydrogen-bond acceptors (Lipinski definition) is 4. The fourth-order valence-corrected chi connectivity index (χ4v) is 2.72. The molecule has 0 spiro atoms. The van der Waals surface area contributed by atoms with Crippen molar-refractivity contribution in [3.63, 3.8) is 0 Å². The Balaban J connectivity index is 1.59. The zero-order valence-electron chi connectivity index (χ0n) is 13.0. The number of hydrogen-bond donors (Lipinski definition) is 1. The minimum absolute atomic E-state index is 0.0587. The van der Waals surface area contributed by atoms with E-state index in [1.165, 1.54) is 0 Å². The van der Waals surface area contributed by atoms with E-state index in [0.717, 1.165) is 18.4 Å². The summed E-state index contributed by atoms with van der Waals surface area (Å²) < 4.78 is 5.16. The molecule has 1 saturated heterocycles. The van der Waals surface area contributed by atoms with Crippen LogP contribution in [0.25, 0.3) is 11.3 Å². The second-order valence-corrected chi connectivity index (χ2v) is 5.70. The SMILES string of the molecule is CC(=O)N1CCC(NC(=O)c2cc(-c3ccccc3)no2)CC1. The molecule has 1 fully saturated rings. The molecule has 1 N–H and O–H groups in total. The molecular formula is C17H19N3O3. The van der Waals surface area contributed by atoms with Gasteiger partial charge in [0.25, 0.3) is 5.91 Å². The van der Waals surface area contributed by atoms with Gasteiger partial charge in [-0.2, -0.15) is 0 Å². The lowest BCUT2D eigenvalue weighted by Crippen LogP contribution is -2.45. The molecule has 1 aromatic heterocycles. The highest BCUT2D eigenvalue weighted by Gasteiger charge is 2.23. The van der Waals surface area contributed by atoms with E-state index in [1.54, 1.807) is 17.9 Å². The third kappa shape index (κ3) is 3.59. The highest BCUT2D eigenvalue weighted by atomic mass is 16.5. The summed E-state index contributed by atoms with van der Waals surface area (Å²) in [6.45, 7) is 2.91. The first-order chi connectivity index (χ1) is 11.1. The molecule has 0 bridgehead atoms. The number of carbonyl (C=O) groups is 2. The minimum atomic E-state index is -0.263. The maximum absolute atomic E-state index is 12.2. The first-order valence-electron chi connectivity index (χ1n) is 7.72. The van der Waals surface area contributed by atoms with Crippen LogP contribution in [0.2, 0.25) is 0 Å². The van der Waals surface area contributed by atoms with Crippen molar-refractivity contribution in [1.29, 1.82) is 0 Å². The van der Waals surface area contributed by atoms with Crippen molar-refractivity contribution >= 4 is 11.8 Å². The van der Waals surface area contributed by atoms with Crippen LogP contribution in [0.4, 0.5) is 0 Å². The summed E-state index contributed by atoms with van der Waals surface area (Å²) in [6.07, 6.45) is 1.51. The Hall–Kier alpha value is -2.63. The number of piperidine rings is 1. The number of nitrogens with zero attached hydrogens (tertiary/aromatic N) is 2. The van der Waals surface area contributed by atoms with E-state index in [9.17, 15) is 9.59 Å². The number of nitrogens with one attached hydrogen (secondary N) is 1. The molecule has 0 radical (unpaired) electrons. The number of likely N-dealkylation sites (tertiary alicyclic amines) is 1. The van der Waals surface area contributed by atoms with Crippen LogP contribution in [0.5, 0.6) is 0 Å². The molecular weight excluding hydrogens is 294 g/mol. The third-order valence-corrected chi connectivity index (χ3v) is 4.08. The van der Waals surface area contributed by atoms with Crippen molar-refractivity contribution in [2.45, 2.75) is 25.8 Å². The van der Waals surface area contributed by atoms with E-state index < -0.39 is 0 Å². The van der Waals surface area contributed by atoms with Crippen molar-refractivity contribution in [1.82, 2.24) is 15.4 Å². The van der Waals surface area contributed by atoms with Crippen molar-refractivity contribution < 1.29 is 14.1 Å². The third-order valence-electron chi connectivity index (χ3n) is 4.08. The minimum Gasteiger partial charge on any atom is -0.350 e. The molecule has 0 aliphatic carbocycles. The summed E-state index contributed by atoms with van der Waals surface area (Å²) in [7, 11) is 0. The molecule has 2 heterocycles. The molecule has 1 aromatic carbocycles. The average Bonchev–Trinajstić information content (AvgIpc) is 3.06. The molecule has 0 saturated carbocycles. The lowest BCUT2D eigenvalue weighted by molar-refractivity contribution is -0.129. The van der Waals surface area contributed by atoms with Crippen molar-refractivity contribution in [3.05, 3.63) is 42.2 Å². The van der Waals surface area contributed by atoms with Gasteiger partial charge < -0.3 is 14.7 Å². The Kier molecular flexibility index (Phi) is 4.41. The number of carbonyl (C=O) groups excluding carboxylic acids is 2. The number of benzene rings is 1. The lowest BCUT2D eigenvalue weighted by atomic mass is 10.0. The predicted molar refractivity (Wildman–Crippen MR) is 84.7 cm³/mol. The van der Waals surface area contributed by atoms with Crippen LogP contribution in [0.3, 0.4) is 0 Å². The van der Waals surface area contributed by atoms with Crippen molar-refractivity contribution in [2.75, 3.05) is 13.1 Å². The van der Waals surface area contributed by atoms with E-state index in [2.05, 4.69) is 10.5 Å². The van der Waals surface area contributed by atoms with E-state index in [1.807, 2.05) is 30.3 Å². The summed E-state index contributed by atoms with van der Waals surface area (Å²) in [5.74, 6) is 0.0244. The van der Waals surface area contributed by atoms with E-state index in [0.29, 0.717) is 18.8 Å². The highest BCUT2D eigenvalue weighted by Crippen LogP contribution is 2.19. The van der Waals surface area contributed by atoms with Gasteiger partial charge in [0.15, 0.2) is 0 Å². The topological polar surface area (TPSA) is 75.4 Å². The standard InChI is InChI=1S/C17H19N3O3/c1-12(21)20-9-7-14(8-10-20)18-17(22)16-11-15(19-23-16)13-5-3-2-4-6-13/h2-6,11,14H,7-10H2,1H3,(H,18,22). The van der Waals surface area contributed by atoms with Gasteiger partial charge in [0.05, 0.1) is 0 Å². The Morgan fingerprint density at radius 2 is 1.91 bits per heavy atom. The second kappa shape index (κ2) is 6.64. The van der Waals surface area contributed by atoms with Crippen LogP contribution in [0, 0.1) is 0 Å². The molecule has 6 nitrogen and oxygen atoms in total. The van der Waals surface area contributed by atoms with Crippen LogP contribution in [-0.2, 0) is 4.79 Å². The van der Waals surface area contributed by atoms with Crippen LogP contribution < -0.4 is 5.32 Å². The summed E-state index contributed by atoms with van der Waals surface area (Å²) >= 11 is 0. The van der Waals surface area contributed by atoms with Gasteiger partial charge in [-0.3, -0.25) is 9.59 Å². The van der Waals surface area contributed by atoms with E-state index >= 15 is 0 Å². The summed E-state index contributed by atoms with van der Waals surface area (Å²) in [5.41, 5.74) is 1.55. The Morgan fingerprint density at radius 3 is 2.57 bits per heavy atom. The van der Waals surface area contributed by atoms with Crippen LogP contribution in [0.15, 0.2) is 40.9 Å². The summed E-state index contributed by atoms with van der Waals surface area (Å²) in [4.78, 5) is 25.3. The van der Waals surface area contributed by atoms with Crippen LogP contribution >= 0.6 is 0 Å². The Labute approximate surface area is 134 Å². The molecule has 120 valence electrons. The van der Waals surface area contributed by atoms with Gasteiger partial charge in [-0.25, -0.2) is 0 Å². The zero-order chi connectivity index (χ0) is 16.2. The molecule has 0 unspecified atom stereocenters. The van der Waals surface area contributed by atoms with Gasteiger partial charge in [0.2, 0.25) is 11.7 Å². The predicted octanol–water partition coefficient (Wildman–Crippen LogP) is 2.08. The second-order valence-electron chi connectivity index (χ2n) is 5.70. The number of aromatic nitrogens is 1. The van der Waals surface area contributed by atoms with Gasteiger partial charge in [-0.1, -0.05) is 35.5 Å². The van der Waals surface area contributed by atoms with Crippen LogP contribution in [-0.4, -0.2) is 41.0 Å². The first-order valence-corrected chi connectivity index (χ1v) is 7.72. The molecule has 2 amide bonds. The number of amides is 2. The Bertz CT molecular complexity index is 688. The van der Waals surface area contributed by atoms with Crippen molar-refractivity contribution in [2.24, 2.45) is 0 Å². The lowest BCUT2D eigenvalue weighted by Gasteiger charge is -2.31. The van der Waals surface area contributed by atoms with E-state index in [-0.39, 0.29) is 23.6 Å². The highest BCUT2D eigenvalue weighted by molar-refractivity contribution is 5.92. The zero-order valence-corrected chi connectivity index (χ0v) is 13.0. The first kappa shape index (κ1) is 15.3. The van der Waals surface area contributed by atoms with Gasteiger partial charge >= 0.3 is 0 Å². The van der Waals surface area contributed by atoms with Gasteiger partial charge in [-0.15, -0.1) is 0 Å².